The van der Waals surface area contributed by atoms with Crippen molar-refractivity contribution in [2.75, 3.05) is 19.6 Å². The van der Waals surface area contributed by atoms with Gasteiger partial charge in [0, 0.05) is 24.2 Å². The smallest absolute Gasteiger partial charge is 0.356 e. The van der Waals surface area contributed by atoms with Crippen LogP contribution in [-0.2, 0) is 19.1 Å². The van der Waals surface area contributed by atoms with Crippen LogP contribution in [0.4, 0.5) is 0 Å². The van der Waals surface area contributed by atoms with Gasteiger partial charge in [-0.2, -0.15) is 0 Å². The zero-order valence-electron chi connectivity index (χ0n) is 13.6. The number of nitrogens with zero attached hydrogens (tertiary/aromatic N) is 2. The molecule has 0 aliphatic heterocycles. The number of carbonyl (C=O) groups is 3. The Bertz CT molecular complexity index is 775. The summed E-state index contributed by atoms with van der Waals surface area (Å²) in [5.74, 6) is -1.76. The number of esters is 2. The van der Waals surface area contributed by atoms with Gasteiger partial charge >= 0.3 is 11.9 Å². The van der Waals surface area contributed by atoms with Crippen LogP contribution in [0.1, 0.15) is 28.5 Å². The summed E-state index contributed by atoms with van der Waals surface area (Å²) in [6, 6.07) is 3.77. The van der Waals surface area contributed by atoms with Crippen LogP contribution in [0.5, 0.6) is 0 Å². The average Bonchev–Trinajstić information content (AvgIpc) is 2.99. The maximum Gasteiger partial charge on any atom is 0.356 e. The summed E-state index contributed by atoms with van der Waals surface area (Å²) in [5.41, 5.74) is 3.48. The summed E-state index contributed by atoms with van der Waals surface area (Å²) in [6.45, 7) is 0. The van der Waals surface area contributed by atoms with Crippen LogP contribution >= 0.6 is 11.6 Å². The number of methoxy groups -OCH3 is 2. The fourth-order valence-corrected chi connectivity index (χ4v) is 2.33. The number of Topliss-reactive ketones (excluding diaryl/α,β-unsaturated/α-hetero) is 1. The van der Waals surface area contributed by atoms with Gasteiger partial charge in [0.1, 0.15) is 18.2 Å². The summed E-state index contributed by atoms with van der Waals surface area (Å²) in [4.78, 5) is 39.8. The number of halogens is 1. The third-order valence-electron chi connectivity index (χ3n) is 3.34. The summed E-state index contributed by atoms with van der Waals surface area (Å²) >= 11 is 5.94. The standard InChI is InChI=1S/C16H16ClN3O5/c1-24-14(22)7-13(21)15(10-4-3-5-18-8-10)19-20-9-11(17)6-12(20)16(23)25-2/h3-6,8-9,15,19H,7H2,1-2H3. The lowest BCUT2D eigenvalue weighted by Crippen LogP contribution is -2.31. The molecule has 0 spiro atoms. The molecular weight excluding hydrogens is 350 g/mol. The van der Waals surface area contributed by atoms with Gasteiger partial charge in [0.2, 0.25) is 0 Å². The van der Waals surface area contributed by atoms with Crippen LogP contribution in [0.25, 0.3) is 0 Å². The van der Waals surface area contributed by atoms with Crippen molar-refractivity contribution in [3.8, 4) is 0 Å². The Morgan fingerprint density at radius 3 is 2.68 bits per heavy atom. The molecule has 2 aromatic heterocycles. The van der Waals surface area contributed by atoms with Crippen molar-refractivity contribution in [1.29, 1.82) is 0 Å². The number of ether oxygens (including phenoxy) is 2. The second kappa shape index (κ2) is 8.29. The minimum absolute atomic E-state index is 0.104. The van der Waals surface area contributed by atoms with Gasteiger partial charge in [-0.05, 0) is 12.1 Å². The van der Waals surface area contributed by atoms with Crippen LogP contribution in [0.15, 0.2) is 36.8 Å². The molecular formula is C16H16ClN3O5. The van der Waals surface area contributed by atoms with Gasteiger partial charge < -0.3 is 14.9 Å². The van der Waals surface area contributed by atoms with E-state index in [4.69, 9.17) is 16.3 Å². The molecule has 25 heavy (non-hydrogen) atoms. The molecule has 0 saturated heterocycles. The van der Waals surface area contributed by atoms with Crippen molar-refractivity contribution in [3.63, 3.8) is 0 Å². The Balaban J connectivity index is 2.36. The molecule has 0 fully saturated rings. The van der Waals surface area contributed by atoms with Crippen molar-refractivity contribution in [2.45, 2.75) is 12.5 Å². The Hall–Kier alpha value is -2.87. The fourth-order valence-electron chi connectivity index (χ4n) is 2.13. The lowest BCUT2D eigenvalue weighted by molar-refractivity contribution is -0.143. The highest BCUT2D eigenvalue weighted by atomic mass is 35.5. The zero-order chi connectivity index (χ0) is 18.4. The molecule has 2 heterocycles. The highest BCUT2D eigenvalue weighted by Crippen LogP contribution is 2.20. The number of hydrogen-bond acceptors (Lipinski definition) is 7. The zero-order valence-corrected chi connectivity index (χ0v) is 14.3. The summed E-state index contributed by atoms with van der Waals surface area (Å²) < 4.78 is 10.5. The Kier molecular flexibility index (Phi) is 6.13. The number of hydrogen-bond donors (Lipinski definition) is 1. The van der Waals surface area contributed by atoms with E-state index in [2.05, 4.69) is 15.1 Å². The molecule has 2 rings (SSSR count). The summed E-state index contributed by atoms with van der Waals surface area (Å²) in [5, 5.41) is 0.276. The predicted molar refractivity (Wildman–Crippen MR) is 88.8 cm³/mol. The van der Waals surface area contributed by atoms with E-state index in [1.54, 1.807) is 18.3 Å². The molecule has 0 aromatic carbocycles. The highest BCUT2D eigenvalue weighted by molar-refractivity contribution is 6.31. The quantitative estimate of drug-likeness (QED) is 0.589. The fraction of sp³-hybridized carbons (Fsp3) is 0.250. The molecule has 0 amide bonds. The van der Waals surface area contributed by atoms with E-state index >= 15 is 0 Å². The number of nitrogens with one attached hydrogen (secondary N) is 1. The van der Waals surface area contributed by atoms with E-state index in [0.717, 1.165) is 0 Å². The topological polar surface area (TPSA) is 99.5 Å². The van der Waals surface area contributed by atoms with Crippen LogP contribution in [0.3, 0.4) is 0 Å². The van der Waals surface area contributed by atoms with Crippen LogP contribution in [0, 0.1) is 0 Å². The molecule has 1 atom stereocenters. The van der Waals surface area contributed by atoms with Crippen LogP contribution in [0.2, 0.25) is 5.02 Å². The first-order valence-electron chi connectivity index (χ1n) is 7.18. The molecule has 132 valence electrons. The Morgan fingerprint density at radius 2 is 2.08 bits per heavy atom. The minimum Gasteiger partial charge on any atom is -0.469 e. The summed E-state index contributed by atoms with van der Waals surface area (Å²) in [6.07, 6.45) is 4.02. The Labute approximate surface area is 148 Å². The molecule has 9 heteroatoms. The number of ketones is 1. The summed E-state index contributed by atoms with van der Waals surface area (Å²) in [7, 11) is 2.43. The largest absolute Gasteiger partial charge is 0.469 e. The van der Waals surface area contributed by atoms with E-state index in [-0.39, 0.29) is 10.7 Å². The molecule has 1 unspecified atom stereocenters. The van der Waals surface area contributed by atoms with E-state index in [0.29, 0.717) is 5.56 Å². The van der Waals surface area contributed by atoms with Gasteiger partial charge in [0.15, 0.2) is 5.78 Å². The van der Waals surface area contributed by atoms with Gasteiger partial charge in [0.25, 0.3) is 0 Å². The molecule has 1 N–H and O–H groups in total. The lowest BCUT2D eigenvalue weighted by Gasteiger charge is -2.20. The first-order chi connectivity index (χ1) is 12.0. The second-order valence-electron chi connectivity index (χ2n) is 4.97. The van der Waals surface area contributed by atoms with Crippen molar-refractivity contribution < 1.29 is 23.9 Å². The number of pyridine rings is 1. The van der Waals surface area contributed by atoms with Crippen molar-refractivity contribution in [1.82, 2.24) is 9.66 Å². The maximum absolute atomic E-state index is 12.5. The monoisotopic (exact) mass is 365 g/mol. The molecule has 0 radical (unpaired) electrons. The van der Waals surface area contributed by atoms with Gasteiger partial charge in [-0.15, -0.1) is 0 Å². The first kappa shape index (κ1) is 18.5. The second-order valence-corrected chi connectivity index (χ2v) is 5.41. The van der Waals surface area contributed by atoms with Crippen molar-refractivity contribution in [3.05, 3.63) is 53.1 Å². The SMILES string of the molecule is COC(=O)CC(=O)C(Nn1cc(Cl)cc1C(=O)OC)c1cccnc1. The first-order valence-corrected chi connectivity index (χ1v) is 7.56. The normalized spacial score (nSPS) is 11.5. The molecule has 0 bridgehead atoms. The predicted octanol–water partition coefficient (Wildman–Crippen LogP) is 1.74. The minimum atomic E-state index is -0.945. The lowest BCUT2D eigenvalue weighted by atomic mass is 10.0. The van der Waals surface area contributed by atoms with E-state index in [9.17, 15) is 14.4 Å². The number of aromatic nitrogens is 2. The maximum atomic E-state index is 12.5. The van der Waals surface area contributed by atoms with Crippen LogP contribution < -0.4 is 5.43 Å². The van der Waals surface area contributed by atoms with E-state index in [1.165, 1.54) is 37.4 Å². The van der Waals surface area contributed by atoms with Crippen molar-refractivity contribution in [2.24, 2.45) is 0 Å². The highest BCUT2D eigenvalue weighted by Gasteiger charge is 2.25. The van der Waals surface area contributed by atoms with E-state index in [1.807, 2.05) is 0 Å². The van der Waals surface area contributed by atoms with Gasteiger partial charge in [-0.25, -0.2) is 4.79 Å². The Morgan fingerprint density at radius 1 is 1.32 bits per heavy atom. The third kappa shape index (κ3) is 4.57. The average molecular weight is 366 g/mol. The van der Waals surface area contributed by atoms with E-state index < -0.39 is 30.2 Å². The molecule has 8 nitrogen and oxygen atoms in total. The van der Waals surface area contributed by atoms with Gasteiger partial charge in [-0.3, -0.25) is 19.2 Å². The van der Waals surface area contributed by atoms with Crippen molar-refractivity contribution >= 4 is 29.3 Å². The van der Waals surface area contributed by atoms with Crippen LogP contribution in [-0.4, -0.2) is 41.6 Å². The molecule has 0 aliphatic carbocycles. The number of carbonyl (C=O) groups excluding carboxylic acids is 3. The van der Waals surface area contributed by atoms with Gasteiger partial charge in [-0.1, -0.05) is 17.7 Å². The van der Waals surface area contributed by atoms with Gasteiger partial charge in [0.05, 0.1) is 19.2 Å². The third-order valence-corrected chi connectivity index (χ3v) is 3.54. The number of rotatable bonds is 7. The molecule has 0 saturated carbocycles. The molecule has 2 aromatic rings. The molecule has 0 aliphatic rings.